The molecule has 0 amide bonds. The molecule has 3 nitrogen and oxygen atoms in total. The van der Waals surface area contributed by atoms with Crippen molar-refractivity contribution in [3.63, 3.8) is 0 Å². The van der Waals surface area contributed by atoms with E-state index in [2.05, 4.69) is 51.2 Å². The molecule has 3 aromatic rings. The minimum Gasteiger partial charge on any atom is -0.380 e. The molecule has 80 valence electrons. The Hall–Kier alpha value is -1.81. The monoisotopic (exact) mass is 229 g/mol. The molecule has 2 aromatic heterocycles. The second-order valence-electron chi connectivity index (χ2n) is 3.60. The van der Waals surface area contributed by atoms with Crippen LogP contribution in [0.4, 0.5) is 5.69 Å². The lowest BCUT2D eigenvalue weighted by Crippen LogP contribution is -1.96. The minimum atomic E-state index is 0.872. The van der Waals surface area contributed by atoms with E-state index in [1.54, 1.807) is 11.3 Å². The van der Waals surface area contributed by atoms with Gasteiger partial charge in [-0.15, -0.1) is 11.3 Å². The number of aromatic amines is 1. The van der Waals surface area contributed by atoms with Gasteiger partial charge >= 0.3 is 0 Å². The molecule has 16 heavy (non-hydrogen) atoms. The Balaban J connectivity index is 1.78. The van der Waals surface area contributed by atoms with Crippen molar-refractivity contribution < 1.29 is 0 Å². The van der Waals surface area contributed by atoms with Crippen LogP contribution in [0.3, 0.4) is 0 Å². The van der Waals surface area contributed by atoms with Gasteiger partial charge < -0.3 is 5.32 Å². The van der Waals surface area contributed by atoms with Crippen molar-refractivity contribution in [2.24, 2.45) is 0 Å². The van der Waals surface area contributed by atoms with Crippen LogP contribution in [0.25, 0.3) is 10.9 Å². The van der Waals surface area contributed by atoms with Gasteiger partial charge in [-0.2, -0.15) is 5.10 Å². The highest BCUT2D eigenvalue weighted by Gasteiger charge is 1.98. The number of H-pyrrole nitrogens is 1. The lowest BCUT2D eigenvalue weighted by molar-refractivity contribution is 1.12. The van der Waals surface area contributed by atoms with Crippen molar-refractivity contribution in [1.29, 1.82) is 0 Å². The van der Waals surface area contributed by atoms with E-state index in [1.807, 2.05) is 6.20 Å². The first-order valence-corrected chi connectivity index (χ1v) is 5.99. The first-order valence-electron chi connectivity index (χ1n) is 5.11. The highest BCUT2D eigenvalue weighted by Crippen LogP contribution is 2.18. The third kappa shape index (κ3) is 1.79. The van der Waals surface area contributed by atoms with E-state index in [-0.39, 0.29) is 0 Å². The molecule has 0 spiro atoms. The Bertz CT molecular complexity index is 583. The molecular weight excluding hydrogens is 218 g/mol. The molecule has 2 heterocycles. The Labute approximate surface area is 97.1 Å². The summed E-state index contributed by atoms with van der Waals surface area (Å²) in [6, 6.07) is 10.4. The summed E-state index contributed by atoms with van der Waals surface area (Å²) >= 11 is 1.76. The molecule has 0 fully saturated rings. The second-order valence-corrected chi connectivity index (χ2v) is 4.64. The zero-order valence-corrected chi connectivity index (χ0v) is 9.42. The van der Waals surface area contributed by atoms with Gasteiger partial charge in [0, 0.05) is 22.5 Å². The molecule has 0 unspecified atom stereocenters. The van der Waals surface area contributed by atoms with Crippen molar-refractivity contribution in [3.05, 3.63) is 46.8 Å². The van der Waals surface area contributed by atoms with E-state index >= 15 is 0 Å². The van der Waals surface area contributed by atoms with Crippen LogP contribution >= 0.6 is 11.3 Å². The Kier molecular flexibility index (Phi) is 2.34. The Morgan fingerprint density at radius 2 is 2.31 bits per heavy atom. The van der Waals surface area contributed by atoms with Gasteiger partial charge in [-0.05, 0) is 29.6 Å². The van der Waals surface area contributed by atoms with Crippen molar-refractivity contribution in [2.45, 2.75) is 6.54 Å². The molecule has 0 radical (unpaired) electrons. The number of hydrogen-bond donors (Lipinski definition) is 2. The quantitative estimate of drug-likeness (QED) is 0.724. The summed E-state index contributed by atoms with van der Waals surface area (Å²) in [6.45, 7) is 0.872. The van der Waals surface area contributed by atoms with E-state index in [9.17, 15) is 0 Å². The summed E-state index contributed by atoms with van der Waals surface area (Å²) in [5.74, 6) is 0. The molecule has 0 saturated heterocycles. The van der Waals surface area contributed by atoms with Gasteiger partial charge in [0.05, 0.1) is 11.7 Å². The summed E-state index contributed by atoms with van der Waals surface area (Å²) in [5, 5.41) is 13.6. The predicted molar refractivity (Wildman–Crippen MR) is 67.7 cm³/mol. The summed E-state index contributed by atoms with van der Waals surface area (Å²) in [5.41, 5.74) is 2.18. The highest BCUT2D eigenvalue weighted by atomic mass is 32.1. The number of thiophene rings is 1. The molecule has 0 atom stereocenters. The number of anilines is 1. The normalized spacial score (nSPS) is 10.8. The van der Waals surface area contributed by atoms with Crippen LogP contribution in [0.5, 0.6) is 0 Å². The molecule has 0 aliphatic heterocycles. The number of nitrogens with zero attached hydrogens (tertiary/aromatic N) is 1. The Morgan fingerprint density at radius 3 is 3.19 bits per heavy atom. The van der Waals surface area contributed by atoms with Crippen LogP contribution in [0.1, 0.15) is 4.88 Å². The summed E-state index contributed by atoms with van der Waals surface area (Å²) in [6.07, 6.45) is 1.83. The maximum absolute atomic E-state index is 4.00. The molecule has 1 aromatic carbocycles. The zero-order chi connectivity index (χ0) is 10.8. The van der Waals surface area contributed by atoms with E-state index in [4.69, 9.17) is 0 Å². The third-order valence-corrected chi connectivity index (χ3v) is 3.37. The molecule has 2 N–H and O–H groups in total. The number of rotatable bonds is 3. The largest absolute Gasteiger partial charge is 0.380 e. The van der Waals surface area contributed by atoms with Gasteiger partial charge in [0.2, 0.25) is 0 Å². The topological polar surface area (TPSA) is 40.7 Å². The van der Waals surface area contributed by atoms with Gasteiger partial charge in [-0.3, -0.25) is 5.10 Å². The molecule has 4 heteroatoms. The summed E-state index contributed by atoms with van der Waals surface area (Å²) < 4.78 is 0. The molecule has 0 bridgehead atoms. The van der Waals surface area contributed by atoms with Crippen LogP contribution in [0.2, 0.25) is 0 Å². The van der Waals surface area contributed by atoms with E-state index in [0.29, 0.717) is 0 Å². The fourth-order valence-electron chi connectivity index (χ4n) is 1.65. The zero-order valence-electron chi connectivity index (χ0n) is 8.60. The number of hydrogen-bond acceptors (Lipinski definition) is 3. The fourth-order valence-corrected chi connectivity index (χ4v) is 2.29. The third-order valence-electron chi connectivity index (χ3n) is 2.49. The standard InChI is InChI=1S/C12H11N3S/c1-2-11(16-5-1)8-13-10-4-3-9-7-14-15-12(9)6-10/h1-7,13H,8H2,(H,14,15). The van der Waals surface area contributed by atoms with Crippen LogP contribution in [0.15, 0.2) is 41.9 Å². The molecule has 0 saturated carbocycles. The van der Waals surface area contributed by atoms with E-state index in [0.717, 1.165) is 23.1 Å². The minimum absolute atomic E-state index is 0.872. The summed E-state index contributed by atoms with van der Waals surface area (Å²) in [7, 11) is 0. The van der Waals surface area contributed by atoms with Gasteiger partial charge in [-0.25, -0.2) is 0 Å². The molecule has 0 aliphatic rings. The number of aromatic nitrogens is 2. The lowest BCUT2D eigenvalue weighted by atomic mass is 10.2. The van der Waals surface area contributed by atoms with Crippen molar-refractivity contribution in [3.8, 4) is 0 Å². The van der Waals surface area contributed by atoms with Crippen LogP contribution < -0.4 is 5.32 Å². The smallest absolute Gasteiger partial charge is 0.0670 e. The predicted octanol–water partition coefficient (Wildman–Crippen LogP) is 3.24. The van der Waals surface area contributed by atoms with Gasteiger partial charge in [-0.1, -0.05) is 6.07 Å². The maximum Gasteiger partial charge on any atom is 0.0670 e. The molecule has 3 rings (SSSR count). The first-order chi connectivity index (χ1) is 7.92. The highest BCUT2D eigenvalue weighted by molar-refractivity contribution is 7.09. The SMILES string of the molecule is c1csc(CNc2ccc3cn[nH]c3c2)c1. The van der Waals surface area contributed by atoms with E-state index < -0.39 is 0 Å². The first kappa shape index (κ1) is 9.42. The van der Waals surface area contributed by atoms with Crippen LogP contribution in [-0.2, 0) is 6.54 Å². The number of fused-ring (bicyclic) bond motifs is 1. The second kappa shape index (κ2) is 3.98. The Morgan fingerprint density at radius 1 is 1.31 bits per heavy atom. The molecule has 0 aliphatic carbocycles. The van der Waals surface area contributed by atoms with E-state index in [1.165, 1.54) is 4.88 Å². The molecular formula is C12H11N3S. The van der Waals surface area contributed by atoms with Crippen molar-refractivity contribution in [2.75, 3.05) is 5.32 Å². The van der Waals surface area contributed by atoms with Gasteiger partial charge in [0.15, 0.2) is 0 Å². The van der Waals surface area contributed by atoms with Crippen molar-refractivity contribution >= 4 is 27.9 Å². The van der Waals surface area contributed by atoms with Crippen LogP contribution in [0, 0.1) is 0 Å². The summed E-state index contributed by atoms with van der Waals surface area (Å²) in [4.78, 5) is 1.34. The van der Waals surface area contributed by atoms with Crippen molar-refractivity contribution in [1.82, 2.24) is 10.2 Å². The lowest BCUT2D eigenvalue weighted by Gasteiger charge is -2.04. The fraction of sp³-hybridized carbons (Fsp3) is 0.0833. The average Bonchev–Trinajstić information content (AvgIpc) is 2.97. The number of benzene rings is 1. The maximum atomic E-state index is 4.00. The van der Waals surface area contributed by atoms with Gasteiger partial charge in [0.1, 0.15) is 0 Å². The van der Waals surface area contributed by atoms with Gasteiger partial charge in [0.25, 0.3) is 0 Å². The number of nitrogens with one attached hydrogen (secondary N) is 2. The average molecular weight is 229 g/mol. The van der Waals surface area contributed by atoms with Crippen LogP contribution in [-0.4, -0.2) is 10.2 Å².